The second-order valence-corrected chi connectivity index (χ2v) is 9.44. The number of nitrogens with zero attached hydrogens (tertiary/aromatic N) is 2. The summed E-state index contributed by atoms with van der Waals surface area (Å²) in [6, 6.07) is 21.5. The zero-order valence-electron chi connectivity index (χ0n) is 15.4. The summed E-state index contributed by atoms with van der Waals surface area (Å²) in [6.07, 6.45) is 0. The molecule has 30 heavy (non-hydrogen) atoms. The lowest BCUT2D eigenvalue weighted by molar-refractivity contribution is 0.464. The van der Waals surface area contributed by atoms with Gasteiger partial charge in [0.05, 0.1) is 4.90 Å². The highest BCUT2D eigenvalue weighted by atomic mass is 79.9. The Kier molecular flexibility index (Phi) is 6.01. The van der Waals surface area contributed by atoms with Gasteiger partial charge in [0.15, 0.2) is 0 Å². The van der Waals surface area contributed by atoms with E-state index in [1.54, 1.807) is 36.4 Å². The van der Waals surface area contributed by atoms with E-state index in [0.717, 1.165) is 10.0 Å². The van der Waals surface area contributed by atoms with Crippen LogP contribution in [0.15, 0.2) is 92.6 Å². The number of aromatic nitrogens is 2. The van der Waals surface area contributed by atoms with Crippen LogP contribution in [0.1, 0.15) is 17.5 Å². The molecule has 0 aliphatic heterocycles. The molecule has 1 heterocycles. The van der Waals surface area contributed by atoms with Gasteiger partial charge in [-0.25, -0.2) is 8.42 Å². The summed E-state index contributed by atoms with van der Waals surface area (Å²) < 4.78 is 35.3. The van der Waals surface area contributed by atoms with E-state index in [1.807, 2.05) is 30.3 Å². The first-order valence-corrected chi connectivity index (χ1v) is 11.5. The molecule has 4 aromatic rings. The van der Waals surface area contributed by atoms with E-state index in [4.69, 9.17) is 16.0 Å². The maximum atomic E-state index is 13.0. The fraction of sp³-hybridized carbons (Fsp3) is 0.0476. The zero-order valence-corrected chi connectivity index (χ0v) is 18.5. The Morgan fingerprint density at radius 3 is 2.23 bits per heavy atom. The first-order valence-electron chi connectivity index (χ1n) is 8.84. The summed E-state index contributed by atoms with van der Waals surface area (Å²) in [5, 5.41) is 8.71. The van der Waals surface area contributed by atoms with Crippen molar-refractivity contribution in [3.63, 3.8) is 0 Å². The third-order valence-electron chi connectivity index (χ3n) is 4.31. The van der Waals surface area contributed by atoms with E-state index in [2.05, 4.69) is 30.8 Å². The molecule has 0 unspecified atom stereocenters. The van der Waals surface area contributed by atoms with E-state index in [-0.39, 0.29) is 10.8 Å². The average molecular weight is 505 g/mol. The van der Waals surface area contributed by atoms with Crippen molar-refractivity contribution in [2.45, 2.75) is 10.9 Å². The maximum absolute atomic E-state index is 13.0. The van der Waals surface area contributed by atoms with E-state index >= 15 is 0 Å². The molecular formula is C21H15BrClN3O3S. The van der Waals surface area contributed by atoms with Crippen LogP contribution in [0.25, 0.3) is 11.5 Å². The molecule has 0 saturated carbocycles. The number of halogens is 2. The molecule has 0 bridgehead atoms. The minimum Gasteiger partial charge on any atom is -0.419 e. The molecular weight excluding hydrogens is 490 g/mol. The van der Waals surface area contributed by atoms with Crippen LogP contribution in [0, 0.1) is 0 Å². The van der Waals surface area contributed by atoms with Gasteiger partial charge in [-0.3, -0.25) is 0 Å². The first-order chi connectivity index (χ1) is 14.4. The largest absolute Gasteiger partial charge is 0.419 e. The molecule has 152 valence electrons. The summed E-state index contributed by atoms with van der Waals surface area (Å²) >= 11 is 9.30. The Labute approximate surface area is 187 Å². The molecule has 0 spiro atoms. The Hall–Kier alpha value is -2.52. The Bertz CT molecular complexity index is 1240. The number of sulfonamides is 1. The predicted octanol–water partition coefficient (Wildman–Crippen LogP) is 5.22. The molecule has 9 heteroatoms. The summed E-state index contributed by atoms with van der Waals surface area (Å²) in [5.74, 6) is 0.421. The molecule has 6 nitrogen and oxygen atoms in total. The van der Waals surface area contributed by atoms with E-state index < -0.39 is 16.1 Å². The van der Waals surface area contributed by atoms with E-state index in [0.29, 0.717) is 16.5 Å². The van der Waals surface area contributed by atoms with Crippen LogP contribution < -0.4 is 4.72 Å². The van der Waals surface area contributed by atoms with Crippen molar-refractivity contribution in [1.29, 1.82) is 0 Å². The lowest BCUT2D eigenvalue weighted by Crippen LogP contribution is -2.29. The fourth-order valence-corrected chi connectivity index (χ4v) is 4.37. The van der Waals surface area contributed by atoms with Crippen molar-refractivity contribution in [1.82, 2.24) is 14.9 Å². The normalized spacial score (nSPS) is 12.6. The zero-order chi connectivity index (χ0) is 21.1. The summed E-state index contributed by atoms with van der Waals surface area (Å²) in [5.41, 5.74) is 1.35. The Balaban J connectivity index is 1.73. The molecule has 1 aromatic heterocycles. The van der Waals surface area contributed by atoms with Crippen molar-refractivity contribution >= 4 is 37.6 Å². The molecule has 4 rings (SSSR count). The second-order valence-electron chi connectivity index (χ2n) is 6.37. The smallest absolute Gasteiger partial charge is 0.247 e. The third-order valence-corrected chi connectivity index (χ3v) is 6.53. The standard InChI is InChI=1S/C21H15BrClN3O3S/c22-16-8-12-18(13-9-16)30(27,28)26-19(14-6-10-17(23)11-7-14)21-25-24-20(29-21)15-4-2-1-3-5-15/h1-13,19,26H/t19-/m1/s1. The van der Waals surface area contributed by atoms with Gasteiger partial charge in [0.2, 0.25) is 21.8 Å². The fourth-order valence-electron chi connectivity index (χ4n) is 2.80. The summed E-state index contributed by atoms with van der Waals surface area (Å²) in [4.78, 5) is 0.118. The van der Waals surface area contributed by atoms with Gasteiger partial charge < -0.3 is 4.42 Å². The minimum atomic E-state index is -3.87. The summed E-state index contributed by atoms with van der Waals surface area (Å²) in [7, 11) is -3.87. The third kappa shape index (κ3) is 4.62. The lowest BCUT2D eigenvalue weighted by Gasteiger charge is -2.16. The van der Waals surface area contributed by atoms with Gasteiger partial charge in [-0.2, -0.15) is 4.72 Å². The van der Waals surface area contributed by atoms with Gasteiger partial charge in [0.25, 0.3) is 0 Å². The van der Waals surface area contributed by atoms with Crippen LogP contribution >= 0.6 is 27.5 Å². The van der Waals surface area contributed by atoms with Gasteiger partial charge >= 0.3 is 0 Å². The van der Waals surface area contributed by atoms with Crippen molar-refractivity contribution in [3.8, 4) is 11.5 Å². The lowest BCUT2D eigenvalue weighted by atomic mass is 10.1. The van der Waals surface area contributed by atoms with Gasteiger partial charge in [-0.1, -0.05) is 57.9 Å². The molecule has 1 atom stereocenters. The number of hydrogen-bond donors (Lipinski definition) is 1. The molecule has 0 saturated heterocycles. The topological polar surface area (TPSA) is 85.1 Å². The van der Waals surface area contributed by atoms with Crippen LogP contribution in [0.5, 0.6) is 0 Å². The monoisotopic (exact) mass is 503 g/mol. The quantitative estimate of drug-likeness (QED) is 0.389. The van der Waals surface area contributed by atoms with E-state index in [9.17, 15) is 8.42 Å². The molecule has 0 aliphatic rings. The molecule has 0 amide bonds. The molecule has 1 N–H and O–H groups in total. The highest BCUT2D eigenvalue weighted by Gasteiger charge is 2.27. The van der Waals surface area contributed by atoms with Crippen molar-refractivity contribution in [2.24, 2.45) is 0 Å². The highest BCUT2D eigenvalue weighted by Crippen LogP contribution is 2.28. The number of hydrogen-bond acceptors (Lipinski definition) is 5. The van der Waals surface area contributed by atoms with Crippen LogP contribution in [-0.2, 0) is 10.0 Å². The van der Waals surface area contributed by atoms with Crippen molar-refractivity contribution in [2.75, 3.05) is 0 Å². The van der Waals surface area contributed by atoms with Crippen LogP contribution in [-0.4, -0.2) is 18.6 Å². The van der Waals surface area contributed by atoms with Crippen LogP contribution in [0.2, 0.25) is 5.02 Å². The van der Waals surface area contributed by atoms with Crippen molar-refractivity contribution in [3.05, 3.63) is 99.8 Å². The SMILES string of the molecule is O=S(=O)(N[C@H](c1ccc(Cl)cc1)c1nnc(-c2ccccc2)o1)c1ccc(Br)cc1. The van der Waals surface area contributed by atoms with Crippen molar-refractivity contribution < 1.29 is 12.8 Å². The van der Waals surface area contributed by atoms with Gasteiger partial charge in [0.1, 0.15) is 6.04 Å². The molecule has 3 aromatic carbocycles. The van der Waals surface area contributed by atoms with E-state index in [1.165, 1.54) is 12.1 Å². The Morgan fingerprint density at radius 1 is 0.900 bits per heavy atom. The van der Waals surface area contributed by atoms with Gasteiger partial charge in [-0.15, -0.1) is 10.2 Å². The second kappa shape index (κ2) is 8.69. The number of nitrogens with one attached hydrogen (secondary N) is 1. The molecule has 0 aliphatic carbocycles. The molecule has 0 radical (unpaired) electrons. The summed E-state index contributed by atoms with van der Waals surface area (Å²) in [6.45, 7) is 0. The first kappa shape index (κ1) is 20.7. The maximum Gasteiger partial charge on any atom is 0.247 e. The van der Waals surface area contributed by atoms with Crippen LogP contribution in [0.4, 0.5) is 0 Å². The Morgan fingerprint density at radius 2 is 1.57 bits per heavy atom. The van der Waals surface area contributed by atoms with Gasteiger partial charge in [-0.05, 0) is 54.1 Å². The average Bonchev–Trinajstić information content (AvgIpc) is 3.24. The number of benzene rings is 3. The highest BCUT2D eigenvalue weighted by molar-refractivity contribution is 9.10. The van der Waals surface area contributed by atoms with Crippen LogP contribution in [0.3, 0.4) is 0 Å². The minimum absolute atomic E-state index is 0.118. The number of rotatable bonds is 6. The van der Waals surface area contributed by atoms with Gasteiger partial charge in [0, 0.05) is 15.1 Å². The molecule has 0 fully saturated rings. The predicted molar refractivity (Wildman–Crippen MR) is 117 cm³/mol.